The van der Waals surface area contributed by atoms with Crippen LogP contribution in [0.4, 0.5) is 46.0 Å². The van der Waals surface area contributed by atoms with Gasteiger partial charge >= 0.3 is 0 Å². The van der Waals surface area contributed by atoms with Crippen molar-refractivity contribution in [2.45, 2.75) is 52.4 Å². The van der Waals surface area contributed by atoms with E-state index in [4.69, 9.17) is 7.85 Å². The van der Waals surface area contributed by atoms with Crippen molar-refractivity contribution in [3.8, 4) is 11.1 Å². The van der Waals surface area contributed by atoms with Crippen LogP contribution in [0.15, 0.2) is 175 Å². The number of fused-ring (bicyclic) bond motifs is 2. The summed E-state index contributed by atoms with van der Waals surface area (Å²) in [6.45, 7) is 17.3. The van der Waals surface area contributed by atoms with E-state index in [9.17, 15) is 0 Å². The van der Waals surface area contributed by atoms with Gasteiger partial charge in [-0.25, -0.2) is 19.9 Å². The Hall–Kier alpha value is -5.56. The second-order valence-electron chi connectivity index (χ2n) is 17.3. The molecular weight excluding hydrogens is 1270 g/mol. The van der Waals surface area contributed by atoms with Crippen molar-refractivity contribution in [2.24, 2.45) is 0 Å². The first-order valence-electron chi connectivity index (χ1n) is 21.1. The fourth-order valence-corrected chi connectivity index (χ4v) is 7.93. The number of hydrogen-bond acceptors (Lipinski definition) is 8. The average molecular weight is 1320 g/mol. The van der Waals surface area contributed by atoms with Gasteiger partial charge in [0.2, 0.25) is 0 Å². The van der Waals surface area contributed by atoms with Gasteiger partial charge in [-0.3, -0.25) is 0 Å². The Morgan fingerprint density at radius 1 is 0.485 bits per heavy atom. The average Bonchev–Trinajstić information content (AvgIpc) is 3.90. The molecule has 0 saturated carbocycles. The number of hydrogen-bond donors (Lipinski definition) is 0. The topological polar surface area (TPSA) is 128 Å². The molecule has 0 atom stereocenters. The number of nitrogens with zero attached hydrogens (tertiary/aromatic N) is 8. The standard InChI is InChI=1S/C27H24N4.C17H11BrN4.C10H13B.2Ir.2H2O/c1-27(2,3)24-15-8-7-14-23(24)20-10-9-13-22(18-20)31-19-30(21-11-5-4-6-12-21)25-26(31)29-17-16-28-25;18-13-5-4-8-15(11-13)22-12-21(14-6-2-1-3-7-14)16-17(22)20-10-9-19-16;1-10(2,3)8-6-4-5-7-9(8)11;;;;/h4-12,14-19H,1-3H3;1-7,9-12H;4-7H,1-3H3;;;2*1H2/q2*-2;;;;;. The van der Waals surface area contributed by atoms with Crippen LogP contribution in [0.5, 0.6) is 0 Å². The van der Waals surface area contributed by atoms with E-state index in [-0.39, 0.29) is 62.0 Å². The first kappa shape index (κ1) is 55.0. The molecule has 0 spiro atoms. The van der Waals surface area contributed by atoms with E-state index in [0.29, 0.717) is 0 Å². The smallest absolute Gasteiger partial charge is 0.145 e. The van der Waals surface area contributed by atoms with E-state index in [0.717, 1.165) is 61.5 Å². The summed E-state index contributed by atoms with van der Waals surface area (Å²) in [5.74, 6) is 3.20. The molecular formula is C54H52BBrIr2N8O2-4. The molecule has 0 aliphatic carbocycles. The zero-order chi connectivity index (χ0) is 44.8. The molecule has 4 heterocycles. The van der Waals surface area contributed by atoms with Crippen molar-refractivity contribution in [1.82, 2.24) is 19.9 Å². The predicted octanol–water partition coefficient (Wildman–Crippen LogP) is 11.2. The van der Waals surface area contributed by atoms with Crippen molar-refractivity contribution in [3.05, 3.63) is 211 Å². The number of halogens is 1. The Labute approximate surface area is 437 Å². The fourth-order valence-electron chi connectivity index (χ4n) is 7.58. The van der Waals surface area contributed by atoms with Crippen LogP contribution in [-0.4, -0.2) is 38.7 Å². The first-order valence-corrected chi connectivity index (χ1v) is 21.9. The van der Waals surface area contributed by atoms with Crippen LogP contribution in [0.3, 0.4) is 0 Å². The molecule has 352 valence electrons. The summed E-state index contributed by atoms with van der Waals surface area (Å²) in [5, 5.41) is 0. The zero-order valence-corrected chi connectivity index (χ0v) is 44.9. The molecule has 68 heavy (non-hydrogen) atoms. The van der Waals surface area contributed by atoms with E-state index in [1.165, 1.54) is 16.7 Å². The summed E-state index contributed by atoms with van der Waals surface area (Å²) in [6.07, 6.45) is 6.86. The van der Waals surface area contributed by atoms with Gasteiger partial charge in [0.25, 0.3) is 0 Å². The minimum atomic E-state index is 0. The molecule has 4 radical (unpaired) electrons. The molecule has 0 amide bonds. The molecule has 2 aliphatic rings. The Balaban J connectivity index is 0.000000239. The maximum atomic E-state index is 5.81. The Morgan fingerprint density at radius 2 is 0.882 bits per heavy atom. The number of rotatable bonds is 5. The molecule has 0 bridgehead atoms. The predicted molar refractivity (Wildman–Crippen MR) is 274 cm³/mol. The second kappa shape index (κ2) is 24.1. The Kier molecular flexibility index (Phi) is 19.5. The summed E-state index contributed by atoms with van der Waals surface area (Å²) in [7, 11) is 5.81. The molecule has 0 fully saturated rings. The molecule has 10 rings (SSSR count). The Bertz CT molecular complexity index is 2850. The van der Waals surface area contributed by atoms with Crippen LogP contribution < -0.4 is 25.1 Å². The first-order chi connectivity index (χ1) is 30.9. The van der Waals surface area contributed by atoms with Crippen molar-refractivity contribution >= 4 is 75.3 Å². The maximum absolute atomic E-state index is 5.81. The second-order valence-corrected chi connectivity index (χ2v) is 18.2. The quantitative estimate of drug-likeness (QED) is 0.123. The van der Waals surface area contributed by atoms with Crippen molar-refractivity contribution < 1.29 is 51.2 Å². The van der Waals surface area contributed by atoms with E-state index in [2.05, 4.69) is 154 Å². The van der Waals surface area contributed by atoms with Crippen molar-refractivity contribution in [3.63, 3.8) is 0 Å². The van der Waals surface area contributed by atoms with E-state index in [1.54, 1.807) is 24.8 Å². The maximum Gasteiger partial charge on any atom is 0.145 e. The summed E-state index contributed by atoms with van der Waals surface area (Å²) in [5.41, 5.74) is 9.98. The third-order valence-corrected chi connectivity index (χ3v) is 11.1. The number of benzene rings is 6. The van der Waals surface area contributed by atoms with Crippen LogP contribution in [0, 0.1) is 25.5 Å². The van der Waals surface area contributed by atoms with Crippen LogP contribution >= 0.6 is 15.9 Å². The van der Waals surface area contributed by atoms with Gasteiger partial charge in [0.15, 0.2) is 0 Å². The molecule has 0 unspecified atom stereocenters. The van der Waals surface area contributed by atoms with Crippen molar-refractivity contribution in [1.29, 1.82) is 0 Å². The molecule has 0 saturated heterocycles. The molecule has 14 heteroatoms. The molecule has 8 aromatic rings. The molecule has 4 N–H and O–H groups in total. The summed E-state index contributed by atoms with van der Waals surface area (Å²) in [6, 6.07) is 55.7. The van der Waals surface area contributed by atoms with Gasteiger partial charge in [-0.05, 0) is 51.8 Å². The van der Waals surface area contributed by atoms with Gasteiger partial charge in [0.05, 0.1) is 0 Å². The summed E-state index contributed by atoms with van der Waals surface area (Å²) >= 11 is 3.50. The third-order valence-electron chi connectivity index (χ3n) is 10.6. The largest absolute Gasteiger partial charge is 0.477 e. The van der Waals surface area contributed by atoms with Crippen LogP contribution in [-0.2, 0) is 51.0 Å². The van der Waals surface area contributed by atoms with Crippen molar-refractivity contribution in [2.75, 3.05) is 19.6 Å². The van der Waals surface area contributed by atoms with E-state index in [1.807, 2.05) is 114 Å². The minimum Gasteiger partial charge on any atom is -0.477 e. The van der Waals surface area contributed by atoms with Crippen LogP contribution in [0.1, 0.15) is 52.7 Å². The molecule has 10 nitrogen and oxygen atoms in total. The third kappa shape index (κ3) is 12.6. The monoisotopic (exact) mass is 1320 g/mol. The van der Waals surface area contributed by atoms with Gasteiger partial charge < -0.3 is 30.6 Å². The number of anilines is 8. The SMILES string of the molecule is Brc1cc[c-]c(N2[CH-]N(c3ccccc3)c3nccnc32)c1.CC(C)(C)c1ccccc1-c1cc[c-]c(N2[CH-]N(c3ccccc3)c3nccnc32)c1.O.O.[B]c1ccccc1C(C)(C)C.[Ir].[Ir]. The van der Waals surface area contributed by atoms with Gasteiger partial charge in [-0.2, -0.15) is 36.4 Å². The Morgan fingerprint density at radius 3 is 1.32 bits per heavy atom. The van der Waals surface area contributed by atoms with Gasteiger partial charge in [-0.15, -0.1) is 42.4 Å². The normalized spacial score (nSPS) is 12.3. The van der Waals surface area contributed by atoms with E-state index >= 15 is 0 Å². The zero-order valence-electron chi connectivity index (χ0n) is 38.5. The minimum absolute atomic E-state index is 0. The van der Waals surface area contributed by atoms with Gasteiger partial charge in [0.1, 0.15) is 31.1 Å². The molecule has 2 aliphatic heterocycles. The van der Waals surface area contributed by atoms with Gasteiger partial charge in [-0.1, -0.05) is 152 Å². The van der Waals surface area contributed by atoms with Crippen LogP contribution in [0.2, 0.25) is 0 Å². The summed E-state index contributed by atoms with van der Waals surface area (Å²) in [4.78, 5) is 26.3. The van der Waals surface area contributed by atoms with E-state index < -0.39 is 0 Å². The molecule has 6 aromatic carbocycles. The number of aromatic nitrogens is 4. The fraction of sp³-hybridized carbons (Fsp3) is 0.148. The number of para-hydroxylation sites is 2. The molecule has 2 aromatic heterocycles. The summed E-state index contributed by atoms with van der Waals surface area (Å²) < 4.78 is 0.998. The van der Waals surface area contributed by atoms with Crippen LogP contribution in [0.25, 0.3) is 11.1 Å². The van der Waals surface area contributed by atoms with Gasteiger partial charge in [0, 0.05) is 76.4 Å².